The van der Waals surface area contributed by atoms with Gasteiger partial charge in [0.15, 0.2) is 0 Å². The van der Waals surface area contributed by atoms with Gasteiger partial charge in [0.2, 0.25) is 0 Å². The van der Waals surface area contributed by atoms with Crippen molar-refractivity contribution in [3.8, 4) is 0 Å². The fourth-order valence-corrected chi connectivity index (χ4v) is 2.34. The fraction of sp³-hybridized carbons (Fsp3) is 0.125. The van der Waals surface area contributed by atoms with Crippen molar-refractivity contribution in [1.82, 2.24) is 4.90 Å². The molecule has 0 aliphatic heterocycles. The van der Waals surface area contributed by atoms with Crippen LogP contribution in [0, 0.1) is 0 Å². The van der Waals surface area contributed by atoms with Crippen molar-refractivity contribution in [3.05, 3.63) is 63.1 Å². The minimum atomic E-state index is -0.241. The van der Waals surface area contributed by atoms with Crippen LogP contribution in [-0.4, -0.2) is 30.8 Å². The highest BCUT2D eigenvalue weighted by atomic mass is 79.9. The molecule has 0 spiro atoms. The molecule has 22 heavy (non-hydrogen) atoms. The van der Waals surface area contributed by atoms with E-state index in [1.54, 1.807) is 56.6 Å². The third-order valence-electron chi connectivity index (χ3n) is 2.97. The van der Waals surface area contributed by atoms with E-state index >= 15 is 0 Å². The molecule has 2 amide bonds. The standard InChI is InChI=1S/C16H14BrClN2O2/c1-20(2)16(22)13-8-7-12(9-14(13)18)19-15(21)10-3-5-11(17)6-4-10/h3-9H,1-2H3,(H,19,21). The Hall–Kier alpha value is -1.85. The van der Waals surface area contributed by atoms with E-state index in [4.69, 9.17) is 11.6 Å². The van der Waals surface area contributed by atoms with Crippen LogP contribution in [0.2, 0.25) is 5.02 Å². The first-order chi connectivity index (χ1) is 10.4. The molecule has 6 heteroatoms. The molecule has 114 valence electrons. The minimum absolute atomic E-state index is 0.184. The quantitative estimate of drug-likeness (QED) is 0.872. The van der Waals surface area contributed by atoms with Crippen LogP contribution in [0.1, 0.15) is 20.7 Å². The molecular weight excluding hydrogens is 368 g/mol. The largest absolute Gasteiger partial charge is 0.345 e. The predicted octanol–water partition coefficient (Wildman–Crippen LogP) is 4.06. The second-order valence-electron chi connectivity index (χ2n) is 4.86. The van der Waals surface area contributed by atoms with Gasteiger partial charge in [0.1, 0.15) is 0 Å². The molecule has 0 bridgehead atoms. The van der Waals surface area contributed by atoms with Crippen LogP contribution in [0.4, 0.5) is 5.69 Å². The summed E-state index contributed by atoms with van der Waals surface area (Å²) in [6.07, 6.45) is 0. The summed E-state index contributed by atoms with van der Waals surface area (Å²) in [6.45, 7) is 0. The Labute approximate surface area is 142 Å². The van der Waals surface area contributed by atoms with E-state index < -0.39 is 0 Å². The molecule has 0 atom stereocenters. The number of nitrogens with zero attached hydrogens (tertiary/aromatic N) is 1. The summed E-state index contributed by atoms with van der Waals surface area (Å²) in [5.74, 6) is -0.425. The van der Waals surface area contributed by atoms with E-state index in [2.05, 4.69) is 21.2 Å². The number of benzene rings is 2. The topological polar surface area (TPSA) is 49.4 Å². The van der Waals surface area contributed by atoms with Gasteiger partial charge in [-0.15, -0.1) is 0 Å². The molecule has 0 aliphatic carbocycles. The summed E-state index contributed by atoms with van der Waals surface area (Å²) in [4.78, 5) is 25.5. The van der Waals surface area contributed by atoms with Crippen LogP contribution in [0.3, 0.4) is 0 Å². The number of carbonyl (C=O) groups is 2. The number of carbonyl (C=O) groups excluding carboxylic acids is 2. The molecule has 0 saturated carbocycles. The number of anilines is 1. The van der Waals surface area contributed by atoms with E-state index in [0.717, 1.165) is 4.47 Å². The third-order valence-corrected chi connectivity index (χ3v) is 3.81. The number of nitrogens with one attached hydrogen (secondary N) is 1. The van der Waals surface area contributed by atoms with E-state index in [9.17, 15) is 9.59 Å². The molecule has 0 saturated heterocycles. The highest BCUT2D eigenvalue weighted by molar-refractivity contribution is 9.10. The summed E-state index contributed by atoms with van der Waals surface area (Å²) in [5, 5.41) is 3.05. The van der Waals surface area contributed by atoms with Crippen LogP contribution in [0.25, 0.3) is 0 Å². The molecule has 0 radical (unpaired) electrons. The van der Waals surface area contributed by atoms with Crippen molar-refractivity contribution in [3.63, 3.8) is 0 Å². The maximum atomic E-state index is 12.1. The average molecular weight is 382 g/mol. The van der Waals surface area contributed by atoms with Gasteiger partial charge in [0.25, 0.3) is 11.8 Å². The Morgan fingerprint density at radius 1 is 1.09 bits per heavy atom. The highest BCUT2D eigenvalue weighted by Crippen LogP contribution is 2.22. The van der Waals surface area contributed by atoms with E-state index in [-0.39, 0.29) is 11.8 Å². The minimum Gasteiger partial charge on any atom is -0.345 e. The first kappa shape index (κ1) is 16.5. The van der Waals surface area contributed by atoms with Crippen molar-refractivity contribution in [1.29, 1.82) is 0 Å². The Balaban J connectivity index is 2.17. The summed E-state index contributed by atoms with van der Waals surface area (Å²) < 4.78 is 0.902. The Morgan fingerprint density at radius 2 is 1.73 bits per heavy atom. The maximum Gasteiger partial charge on any atom is 0.255 e. The summed E-state index contributed by atoms with van der Waals surface area (Å²) in [5.41, 5.74) is 1.47. The normalized spacial score (nSPS) is 10.2. The van der Waals surface area contributed by atoms with Crippen molar-refractivity contribution in [2.75, 3.05) is 19.4 Å². The molecule has 2 rings (SSSR count). The van der Waals surface area contributed by atoms with Crippen LogP contribution >= 0.6 is 27.5 Å². The number of hydrogen-bond donors (Lipinski definition) is 1. The monoisotopic (exact) mass is 380 g/mol. The van der Waals surface area contributed by atoms with Gasteiger partial charge in [-0.25, -0.2) is 0 Å². The second kappa shape index (κ2) is 6.94. The summed E-state index contributed by atoms with van der Waals surface area (Å²) in [7, 11) is 3.31. The first-order valence-corrected chi connectivity index (χ1v) is 7.63. The van der Waals surface area contributed by atoms with Gasteiger partial charge < -0.3 is 10.2 Å². The smallest absolute Gasteiger partial charge is 0.255 e. The lowest BCUT2D eigenvalue weighted by molar-refractivity contribution is 0.0827. The predicted molar refractivity (Wildman–Crippen MR) is 91.6 cm³/mol. The average Bonchev–Trinajstić information content (AvgIpc) is 2.47. The molecule has 0 unspecified atom stereocenters. The fourth-order valence-electron chi connectivity index (χ4n) is 1.81. The second-order valence-corrected chi connectivity index (χ2v) is 6.18. The van der Waals surface area contributed by atoms with Crippen LogP contribution in [0.15, 0.2) is 46.9 Å². The van der Waals surface area contributed by atoms with Gasteiger partial charge >= 0.3 is 0 Å². The van der Waals surface area contributed by atoms with Crippen molar-refractivity contribution < 1.29 is 9.59 Å². The number of amides is 2. The zero-order valence-electron chi connectivity index (χ0n) is 12.1. The molecule has 1 N–H and O–H groups in total. The highest BCUT2D eigenvalue weighted by Gasteiger charge is 2.13. The van der Waals surface area contributed by atoms with Crippen molar-refractivity contribution in [2.24, 2.45) is 0 Å². The maximum absolute atomic E-state index is 12.1. The lowest BCUT2D eigenvalue weighted by Crippen LogP contribution is -2.22. The molecular formula is C16H14BrClN2O2. The van der Waals surface area contributed by atoms with Gasteiger partial charge in [0.05, 0.1) is 10.6 Å². The summed E-state index contributed by atoms with van der Waals surface area (Å²) >= 11 is 9.43. The molecule has 0 fully saturated rings. The van der Waals surface area contributed by atoms with E-state index in [1.165, 1.54) is 4.90 Å². The summed E-state index contributed by atoms with van der Waals surface area (Å²) in [6, 6.07) is 11.8. The van der Waals surface area contributed by atoms with E-state index in [1.807, 2.05) is 0 Å². The zero-order chi connectivity index (χ0) is 16.3. The molecule has 2 aromatic rings. The number of hydrogen-bond acceptors (Lipinski definition) is 2. The molecule has 2 aromatic carbocycles. The number of halogens is 2. The Bertz CT molecular complexity index is 715. The van der Waals surface area contributed by atoms with Crippen LogP contribution < -0.4 is 5.32 Å². The van der Waals surface area contributed by atoms with Gasteiger partial charge in [-0.2, -0.15) is 0 Å². The Kier molecular flexibility index (Phi) is 5.21. The van der Waals surface area contributed by atoms with Gasteiger partial charge in [-0.3, -0.25) is 9.59 Å². The molecule has 0 heterocycles. The lowest BCUT2D eigenvalue weighted by Gasteiger charge is -2.13. The lowest BCUT2D eigenvalue weighted by atomic mass is 10.1. The first-order valence-electron chi connectivity index (χ1n) is 6.46. The molecule has 0 aliphatic rings. The van der Waals surface area contributed by atoms with Crippen molar-refractivity contribution in [2.45, 2.75) is 0 Å². The number of rotatable bonds is 3. The molecule has 4 nitrogen and oxygen atoms in total. The van der Waals surface area contributed by atoms with Crippen molar-refractivity contribution >= 4 is 45.0 Å². The van der Waals surface area contributed by atoms with E-state index in [0.29, 0.717) is 21.8 Å². The van der Waals surface area contributed by atoms with Gasteiger partial charge in [0, 0.05) is 29.8 Å². The Morgan fingerprint density at radius 3 is 2.27 bits per heavy atom. The van der Waals surface area contributed by atoms with Crippen LogP contribution in [-0.2, 0) is 0 Å². The van der Waals surface area contributed by atoms with Crippen LogP contribution in [0.5, 0.6) is 0 Å². The zero-order valence-corrected chi connectivity index (χ0v) is 14.4. The third kappa shape index (κ3) is 3.87. The van der Waals surface area contributed by atoms with Gasteiger partial charge in [-0.05, 0) is 42.5 Å². The molecule has 0 aromatic heterocycles. The SMILES string of the molecule is CN(C)C(=O)c1ccc(NC(=O)c2ccc(Br)cc2)cc1Cl. The van der Waals surface area contributed by atoms with Gasteiger partial charge in [-0.1, -0.05) is 27.5 Å².